The first-order valence-corrected chi connectivity index (χ1v) is 9.99. The number of piperazine rings is 1. The number of quaternary nitrogens is 1. The van der Waals surface area contributed by atoms with Crippen molar-refractivity contribution in [2.24, 2.45) is 0 Å². The molecule has 6 heteroatoms. The molecule has 0 atom stereocenters. The molecule has 1 saturated heterocycles. The molecule has 0 spiro atoms. The van der Waals surface area contributed by atoms with Gasteiger partial charge >= 0.3 is 0 Å². The van der Waals surface area contributed by atoms with Crippen LogP contribution < -0.4 is 4.90 Å². The zero-order valence-electron chi connectivity index (χ0n) is 14.7. The van der Waals surface area contributed by atoms with Crippen molar-refractivity contribution in [1.29, 1.82) is 0 Å². The topological polar surface area (TPSA) is 62.0 Å². The van der Waals surface area contributed by atoms with Crippen molar-refractivity contribution >= 4 is 10.0 Å². The molecule has 0 saturated carbocycles. The Labute approximate surface area is 149 Å². The van der Waals surface area contributed by atoms with Gasteiger partial charge in [-0.3, -0.25) is 0 Å². The molecule has 3 rings (SSSR count). The molecule has 2 N–H and O–H groups in total. The molecular formula is C19H25N2O3S+. The summed E-state index contributed by atoms with van der Waals surface area (Å²) < 4.78 is 27.0. The first-order chi connectivity index (χ1) is 11.9. The number of phenolic OH excluding ortho intramolecular Hbond substituents is 1. The highest BCUT2D eigenvalue weighted by Gasteiger charge is 2.30. The molecule has 0 aliphatic carbocycles. The van der Waals surface area contributed by atoms with Gasteiger partial charge in [0.2, 0.25) is 10.0 Å². The zero-order valence-corrected chi connectivity index (χ0v) is 15.5. The van der Waals surface area contributed by atoms with Gasteiger partial charge < -0.3 is 10.0 Å². The number of aryl methyl sites for hydroxylation is 2. The molecular weight excluding hydrogens is 336 g/mol. The van der Waals surface area contributed by atoms with Crippen LogP contribution in [0, 0.1) is 13.8 Å². The standard InChI is InChI=1S/C19H24N2O3S/c1-15-3-6-18(7-4-15)25(23,24)21-11-9-20(10-12-21)14-17-13-16(2)5-8-19(17)22/h3-8,13,22H,9-12,14H2,1-2H3/p+1. The zero-order chi connectivity index (χ0) is 18.0. The summed E-state index contributed by atoms with van der Waals surface area (Å²) in [4.78, 5) is 1.65. The number of benzene rings is 2. The molecule has 2 aromatic carbocycles. The lowest BCUT2D eigenvalue weighted by Gasteiger charge is -2.31. The molecule has 1 aliphatic rings. The molecule has 1 aliphatic heterocycles. The number of phenols is 1. The van der Waals surface area contributed by atoms with E-state index in [2.05, 4.69) is 0 Å². The molecule has 134 valence electrons. The van der Waals surface area contributed by atoms with Crippen LogP contribution in [0.4, 0.5) is 0 Å². The van der Waals surface area contributed by atoms with Crippen molar-refractivity contribution in [2.75, 3.05) is 26.2 Å². The molecule has 1 fully saturated rings. The minimum absolute atomic E-state index is 0.313. The average molecular weight is 361 g/mol. The van der Waals surface area contributed by atoms with Crippen LogP contribution in [-0.2, 0) is 16.6 Å². The molecule has 1 heterocycles. The normalized spacial score (nSPS) is 16.9. The molecule has 25 heavy (non-hydrogen) atoms. The number of hydrogen-bond donors (Lipinski definition) is 2. The highest BCUT2D eigenvalue weighted by Crippen LogP contribution is 2.18. The first kappa shape index (κ1) is 17.9. The van der Waals surface area contributed by atoms with Gasteiger partial charge in [-0.15, -0.1) is 0 Å². The summed E-state index contributed by atoms with van der Waals surface area (Å²) in [6, 6.07) is 12.6. The molecule has 2 aromatic rings. The van der Waals surface area contributed by atoms with Crippen LogP contribution in [0.5, 0.6) is 5.75 Å². The second kappa shape index (κ2) is 7.15. The SMILES string of the molecule is Cc1ccc(S(=O)(=O)N2CC[NH+](Cc3cc(C)ccc3O)CC2)cc1. The lowest BCUT2D eigenvalue weighted by atomic mass is 10.1. The van der Waals surface area contributed by atoms with Gasteiger partial charge in [-0.05, 0) is 38.1 Å². The smallest absolute Gasteiger partial charge is 0.243 e. The van der Waals surface area contributed by atoms with Crippen molar-refractivity contribution in [2.45, 2.75) is 25.3 Å². The maximum Gasteiger partial charge on any atom is 0.243 e. The molecule has 0 aromatic heterocycles. The Hall–Kier alpha value is -1.89. The summed E-state index contributed by atoms with van der Waals surface area (Å²) in [6.07, 6.45) is 0. The van der Waals surface area contributed by atoms with E-state index in [4.69, 9.17) is 0 Å². The Kier molecular flexibility index (Phi) is 5.13. The lowest BCUT2D eigenvalue weighted by molar-refractivity contribution is -0.917. The van der Waals surface area contributed by atoms with Crippen molar-refractivity contribution in [3.8, 4) is 5.75 Å². The molecule has 0 bridgehead atoms. The fraction of sp³-hybridized carbons (Fsp3) is 0.368. The average Bonchev–Trinajstić information content (AvgIpc) is 2.59. The van der Waals surface area contributed by atoms with Crippen molar-refractivity contribution < 1.29 is 18.4 Å². The van der Waals surface area contributed by atoms with Gasteiger partial charge in [0, 0.05) is 5.56 Å². The van der Waals surface area contributed by atoms with Gasteiger partial charge in [-0.2, -0.15) is 4.31 Å². The Morgan fingerprint density at radius 2 is 1.60 bits per heavy atom. The van der Waals surface area contributed by atoms with Crippen LogP contribution in [0.1, 0.15) is 16.7 Å². The lowest BCUT2D eigenvalue weighted by Crippen LogP contribution is -3.13. The summed E-state index contributed by atoms with van der Waals surface area (Å²) in [5.74, 6) is 0.313. The Balaban J connectivity index is 1.65. The van der Waals surface area contributed by atoms with Gasteiger partial charge in [0.1, 0.15) is 12.3 Å². The molecule has 0 radical (unpaired) electrons. The Morgan fingerprint density at radius 1 is 1.00 bits per heavy atom. The fourth-order valence-corrected chi connectivity index (χ4v) is 4.65. The quantitative estimate of drug-likeness (QED) is 0.857. The van der Waals surface area contributed by atoms with Crippen LogP contribution in [0.3, 0.4) is 0 Å². The van der Waals surface area contributed by atoms with Crippen LogP contribution in [0.15, 0.2) is 47.4 Å². The highest BCUT2D eigenvalue weighted by atomic mass is 32.2. The van der Waals surface area contributed by atoms with Gasteiger partial charge in [-0.1, -0.05) is 29.3 Å². The van der Waals surface area contributed by atoms with E-state index in [1.165, 1.54) is 4.90 Å². The van der Waals surface area contributed by atoms with Gasteiger partial charge in [0.15, 0.2) is 0 Å². The van der Waals surface area contributed by atoms with Crippen molar-refractivity contribution in [1.82, 2.24) is 4.31 Å². The van der Waals surface area contributed by atoms with Gasteiger partial charge in [0.25, 0.3) is 0 Å². The maximum absolute atomic E-state index is 12.7. The maximum atomic E-state index is 12.7. The summed E-state index contributed by atoms with van der Waals surface area (Å²) >= 11 is 0. The number of sulfonamides is 1. The fourth-order valence-electron chi connectivity index (χ4n) is 3.20. The molecule has 5 nitrogen and oxygen atoms in total. The summed E-state index contributed by atoms with van der Waals surface area (Å²) in [5.41, 5.74) is 3.09. The Bertz CT molecular complexity index is 839. The molecule has 0 amide bonds. The third kappa shape index (κ3) is 4.03. The van der Waals surface area contributed by atoms with E-state index in [1.807, 2.05) is 38.1 Å². The van der Waals surface area contributed by atoms with E-state index < -0.39 is 10.0 Å². The van der Waals surface area contributed by atoms with E-state index in [-0.39, 0.29) is 0 Å². The summed E-state index contributed by atoms with van der Waals surface area (Å²) in [6.45, 7) is 7.13. The number of rotatable bonds is 4. The number of hydrogen-bond acceptors (Lipinski definition) is 3. The van der Waals surface area contributed by atoms with E-state index in [9.17, 15) is 13.5 Å². The minimum Gasteiger partial charge on any atom is -0.507 e. The predicted octanol–water partition coefficient (Wildman–Crippen LogP) is 1.10. The number of aromatic hydroxyl groups is 1. The number of nitrogens with one attached hydrogen (secondary N) is 1. The van der Waals surface area contributed by atoms with E-state index in [0.717, 1.165) is 29.8 Å². The second-order valence-corrected chi connectivity index (χ2v) is 8.71. The van der Waals surface area contributed by atoms with E-state index in [0.29, 0.717) is 30.3 Å². The monoisotopic (exact) mass is 361 g/mol. The largest absolute Gasteiger partial charge is 0.507 e. The third-order valence-electron chi connectivity index (χ3n) is 4.76. The first-order valence-electron chi connectivity index (χ1n) is 8.55. The minimum atomic E-state index is -3.42. The van der Waals surface area contributed by atoms with Crippen molar-refractivity contribution in [3.05, 3.63) is 59.2 Å². The second-order valence-electron chi connectivity index (χ2n) is 6.78. The Morgan fingerprint density at radius 3 is 2.24 bits per heavy atom. The van der Waals surface area contributed by atoms with E-state index in [1.54, 1.807) is 22.5 Å². The summed E-state index contributed by atoms with van der Waals surface area (Å²) in [7, 11) is -3.42. The van der Waals surface area contributed by atoms with Crippen LogP contribution >= 0.6 is 0 Å². The summed E-state index contributed by atoms with van der Waals surface area (Å²) in [5, 5.41) is 10.00. The van der Waals surface area contributed by atoms with E-state index >= 15 is 0 Å². The van der Waals surface area contributed by atoms with Crippen LogP contribution in [0.2, 0.25) is 0 Å². The molecule has 0 unspecified atom stereocenters. The number of nitrogens with zero attached hydrogens (tertiary/aromatic N) is 1. The van der Waals surface area contributed by atoms with Crippen LogP contribution in [0.25, 0.3) is 0 Å². The van der Waals surface area contributed by atoms with Gasteiger partial charge in [0.05, 0.1) is 31.1 Å². The van der Waals surface area contributed by atoms with Gasteiger partial charge in [-0.25, -0.2) is 8.42 Å². The predicted molar refractivity (Wildman–Crippen MR) is 97.2 cm³/mol. The third-order valence-corrected chi connectivity index (χ3v) is 6.68. The van der Waals surface area contributed by atoms with Crippen LogP contribution in [-0.4, -0.2) is 44.0 Å². The van der Waals surface area contributed by atoms with Crippen molar-refractivity contribution in [3.63, 3.8) is 0 Å². The highest BCUT2D eigenvalue weighted by molar-refractivity contribution is 7.89.